The molecule has 68 valence electrons. The average Bonchev–Trinajstić information content (AvgIpc) is 2.09. The first-order chi connectivity index (χ1) is 5.97. The molecule has 1 unspecified atom stereocenters. The van der Waals surface area contributed by atoms with Crippen LogP contribution in [0.3, 0.4) is 0 Å². The van der Waals surface area contributed by atoms with Crippen molar-refractivity contribution in [3.05, 3.63) is 34.9 Å². The molecule has 0 saturated carbocycles. The van der Waals surface area contributed by atoms with E-state index in [0.717, 1.165) is 11.1 Å². The van der Waals surface area contributed by atoms with Crippen LogP contribution in [0, 0.1) is 25.2 Å². The number of hydrogen-bond acceptors (Lipinski definition) is 2. The molecule has 0 fully saturated rings. The van der Waals surface area contributed by atoms with Crippen LogP contribution in [0.25, 0.3) is 0 Å². The van der Waals surface area contributed by atoms with Crippen molar-refractivity contribution in [1.82, 2.24) is 0 Å². The van der Waals surface area contributed by atoms with Gasteiger partial charge in [0.2, 0.25) is 0 Å². The van der Waals surface area contributed by atoms with Gasteiger partial charge in [-0.15, -0.1) is 0 Å². The monoisotopic (exact) mass is 175 g/mol. The van der Waals surface area contributed by atoms with Crippen LogP contribution in [0.4, 0.5) is 0 Å². The van der Waals surface area contributed by atoms with Gasteiger partial charge in [0.1, 0.15) is 6.07 Å². The van der Waals surface area contributed by atoms with E-state index in [1.165, 1.54) is 6.92 Å². The van der Waals surface area contributed by atoms with Crippen molar-refractivity contribution >= 4 is 0 Å². The van der Waals surface area contributed by atoms with Crippen LogP contribution < -0.4 is 0 Å². The quantitative estimate of drug-likeness (QED) is 0.664. The Morgan fingerprint density at radius 1 is 1.38 bits per heavy atom. The summed E-state index contributed by atoms with van der Waals surface area (Å²) in [7, 11) is 0. The molecule has 0 spiro atoms. The highest BCUT2D eigenvalue weighted by Gasteiger charge is 2.23. The molecule has 1 atom stereocenters. The van der Waals surface area contributed by atoms with Gasteiger partial charge < -0.3 is 5.11 Å². The molecule has 13 heavy (non-hydrogen) atoms. The molecule has 2 heteroatoms. The van der Waals surface area contributed by atoms with Gasteiger partial charge in [0.05, 0.1) is 0 Å². The Hall–Kier alpha value is -1.33. The van der Waals surface area contributed by atoms with Gasteiger partial charge in [-0.25, -0.2) is 0 Å². The first-order valence-corrected chi connectivity index (χ1v) is 4.19. The highest BCUT2D eigenvalue weighted by atomic mass is 16.3. The Kier molecular flexibility index (Phi) is 2.40. The van der Waals surface area contributed by atoms with Crippen molar-refractivity contribution in [2.45, 2.75) is 26.4 Å². The van der Waals surface area contributed by atoms with Crippen LogP contribution in [0.5, 0.6) is 0 Å². The van der Waals surface area contributed by atoms with Crippen molar-refractivity contribution in [3.8, 4) is 6.07 Å². The first kappa shape index (κ1) is 9.76. The van der Waals surface area contributed by atoms with Gasteiger partial charge in [-0.05, 0) is 26.3 Å². The summed E-state index contributed by atoms with van der Waals surface area (Å²) < 4.78 is 0. The lowest BCUT2D eigenvalue weighted by Crippen LogP contribution is -2.19. The van der Waals surface area contributed by atoms with E-state index in [-0.39, 0.29) is 0 Å². The molecule has 1 N–H and O–H groups in total. The van der Waals surface area contributed by atoms with Crippen molar-refractivity contribution < 1.29 is 5.11 Å². The Balaban J connectivity index is 3.30. The van der Waals surface area contributed by atoms with Crippen LogP contribution in [-0.2, 0) is 5.60 Å². The van der Waals surface area contributed by atoms with Crippen LogP contribution in [-0.4, -0.2) is 5.11 Å². The number of benzene rings is 1. The fourth-order valence-electron chi connectivity index (χ4n) is 1.32. The highest BCUT2D eigenvalue weighted by molar-refractivity contribution is 5.37. The third-order valence-electron chi connectivity index (χ3n) is 2.14. The minimum Gasteiger partial charge on any atom is -0.372 e. The molecule has 0 aliphatic rings. The summed E-state index contributed by atoms with van der Waals surface area (Å²) >= 11 is 0. The predicted molar refractivity (Wildman–Crippen MR) is 51.1 cm³/mol. The smallest absolute Gasteiger partial charge is 0.174 e. The Bertz CT molecular complexity index is 361. The zero-order valence-corrected chi connectivity index (χ0v) is 8.13. The number of nitriles is 1. The third-order valence-corrected chi connectivity index (χ3v) is 2.14. The van der Waals surface area contributed by atoms with Gasteiger partial charge >= 0.3 is 0 Å². The number of rotatable bonds is 1. The molecule has 0 bridgehead atoms. The predicted octanol–water partition coefficient (Wildman–Crippen LogP) is 2.03. The van der Waals surface area contributed by atoms with Crippen molar-refractivity contribution in [2.24, 2.45) is 0 Å². The van der Waals surface area contributed by atoms with Crippen molar-refractivity contribution in [3.63, 3.8) is 0 Å². The van der Waals surface area contributed by atoms with Gasteiger partial charge in [-0.3, -0.25) is 0 Å². The fourth-order valence-corrected chi connectivity index (χ4v) is 1.32. The van der Waals surface area contributed by atoms with E-state index < -0.39 is 5.60 Å². The molecule has 0 aliphatic heterocycles. The van der Waals surface area contributed by atoms with E-state index in [1.54, 1.807) is 0 Å². The molecule has 0 aliphatic carbocycles. The van der Waals surface area contributed by atoms with E-state index in [0.29, 0.717) is 5.56 Å². The minimum atomic E-state index is -1.38. The molecule has 0 aromatic heterocycles. The molecule has 0 heterocycles. The maximum Gasteiger partial charge on any atom is 0.174 e. The molecule has 0 saturated heterocycles. The van der Waals surface area contributed by atoms with E-state index in [2.05, 4.69) is 0 Å². The van der Waals surface area contributed by atoms with Crippen LogP contribution in [0.1, 0.15) is 23.6 Å². The zero-order valence-electron chi connectivity index (χ0n) is 8.13. The van der Waals surface area contributed by atoms with Crippen LogP contribution in [0.2, 0.25) is 0 Å². The van der Waals surface area contributed by atoms with Gasteiger partial charge in [0.15, 0.2) is 5.60 Å². The standard InChI is InChI=1S/C11H13NO/c1-8-4-5-9(2)10(6-8)11(3,13)7-12/h4-6,13H,1-3H3. The van der Waals surface area contributed by atoms with E-state index >= 15 is 0 Å². The maximum atomic E-state index is 9.74. The molecule has 0 amide bonds. The lowest BCUT2D eigenvalue weighted by Gasteiger charge is -2.17. The van der Waals surface area contributed by atoms with Crippen molar-refractivity contribution in [2.75, 3.05) is 0 Å². The minimum absolute atomic E-state index is 0.690. The number of aryl methyl sites for hydroxylation is 2. The maximum absolute atomic E-state index is 9.74. The molecular weight excluding hydrogens is 162 g/mol. The summed E-state index contributed by atoms with van der Waals surface area (Å²) in [6.45, 7) is 5.34. The summed E-state index contributed by atoms with van der Waals surface area (Å²) in [5.41, 5.74) is 1.30. The Labute approximate surface area is 78.4 Å². The SMILES string of the molecule is Cc1ccc(C)c(C(C)(O)C#N)c1. The summed E-state index contributed by atoms with van der Waals surface area (Å²) in [6, 6.07) is 7.60. The summed E-state index contributed by atoms with van der Waals surface area (Å²) in [5.74, 6) is 0. The molecule has 1 aromatic rings. The summed E-state index contributed by atoms with van der Waals surface area (Å²) in [4.78, 5) is 0. The summed E-state index contributed by atoms with van der Waals surface area (Å²) in [6.07, 6.45) is 0. The molecule has 1 aromatic carbocycles. The molecule has 1 rings (SSSR count). The third kappa shape index (κ3) is 1.88. The molecular formula is C11H13NO. The van der Waals surface area contributed by atoms with E-state index in [1.807, 2.05) is 38.1 Å². The van der Waals surface area contributed by atoms with Crippen LogP contribution in [0.15, 0.2) is 18.2 Å². The second-order valence-electron chi connectivity index (χ2n) is 3.50. The number of hydrogen-bond donors (Lipinski definition) is 1. The van der Waals surface area contributed by atoms with Gasteiger partial charge in [0, 0.05) is 5.56 Å². The van der Waals surface area contributed by atoms with E-state index in [9.17, 15) is 5.11 Å². The second kappa shape index (κ2) is 3.20. The van der Waals surface area contributed by atoms with Gasteiger partial charge in [-0.1, -0.05) is 23.8 Å². The Morgan fingerprint density at radius 3 is 2.54 bits per heavy atom. The normalized spacial score (nSPS) is 14.7. The van der Waals surface area contributed by atoms with Crippen molar-refractivity contribution in [1.29, 1.82) is 5.26 Å². The van der Waals surface area contributed by atoms with Gasteiger partial charge in [0.25, 0.3) is 0 Å². The lowest BCUT2D eigenvalue weighted by atomic mass is 9.92. The number of nitrogens with zero attached hydrogens (tertiary/aromatic N) is 1. The Morgan fingerprint density at radius 2 is 2.00 bits per heavy atom. The zero-order chi connectivity index (χ0) is 10.1. The van der Waals surface area contributed by atoms with Gasteiger partial charge in [-0.2, -0.15) is 5.26 Å². The summed E-state index contributed by atoms with van der Waals surface area (Å²) in [5, 5.41) is 18.5. The largest absolute Gasteiger partial charge is 0.372 e. The van der Waals surface area contributed by atoms with Crippen LogP contribution >= 0.6 is 0 Å². The lowest BCUT2D eigenvalue weighted by molar-refractivity contribution is 0.119. The average molecular weight is 175 g/mol. The second-order valence-corrected chi connectivity index (χ2v) is 3.50. The highest BCUT2D eigenvalue weighted by Crippen LogP contribution is 2.23. The molecule has 2 nitrogen and oxygen atoms in total. The number of aliphatic hydroxyl groups is 1. The van der Waals surface area contributed by atoms with E-state index in [4.69, 9.17) is 5.26 Å². The fraction of sp³-hybridized carbons (Fsp3) is 0.364. The first-order valence-electron chi connectivity index (χ1n) is 4.19. The molecule has 0 radical (unpaired) electrons. The topological polar surface area (TPSA) is 44.0 Å².